The van der Waals surface area contributed by atoms with Gasteiger partial charge in [0.15, 0.2) is 0 Å². The number of methoxy groups -OCH3 is 1. The number of alkyl carbamates (subject to hydrolysis) is 1. The first-order chi connectivity index (χ1) is 22.7. The van der Waals surface area contributed by atoms with E-state index in [2.05, 4.69) is 23.8 Å². The molecule has 1 fully saturated rings. The summed E-state index contributed by atoms with van der Waals surface area (Å²) in [5.41, 5.74) is -0.0824. The van der Waals surface area contributed by atoms with Crippen LogP contribution >= 0.6 is 0 Å². The van der Waals surface area contributed by atoms with Gasteiger partial charge in [-0.15, -0.1) is 13.2 Å². The van der Waals surface area contributed by atoms with Gasteiger partial charge in [-0.3, -0.25) is 9.59 Å². The molecule has 0 saturated carbocycles. The van der Waals surface area contributed by atoms with Gasteiger partial charge < -0.3 is 34.6 Å². The summed E-state index contributed by atoms with van der Waals surface area (Å²) in [4.78, 5) is 69.7. The molecule has 48 heavy (non-hydrogen) atoms. The second-order valence-electron chi connectivity index (χ2n) is 13.3. The van der Waals surface area contributed by atoms with Gasteiger partial charge in [-0.2, -0.15) is 0 Å². The molecule has 12 heteroatoms. The Balaban J connectivity index is 2.37. The van der Waals surface area contributed by atoms with E-state index in [1.807, 2.05) is 44.2 Å². The van der Waals surface area contributed by atoms with Crippen molar-refractivity contribution in [3.8, 4) is 0 Å². The predicted molar refractivity (Wildman–Crippen MR) is 183 cm³/mol. The third-order valence-electron chi connectivity index (χ3n) is 8.02. The molecule has 4 atom stereocenters. The fourth-order valence-electron chi connectivity index (χ4n) is 5.39. The normalized spacial score (nSPS) is 17.1. The molecule has 12 nitrogen and oxygen atoms in total. The van der Waals surface area contributed by atoms with Gasteiger partial charge in [0.25, 0.3) is 0 Å². The smallest absolute Gasteiger partial charge is 0.410 e. The highest BCUT2D eigenvalue weighted by molar-refractivity contribution is 5.94. The van der Waals surface area contributed by atoms with Crippen LogP contribution < -0.4 is 10.6 Å². The largest absolute Gasteiger partial charge is 0.467 e. The lowest BCUT2D eigenvalue weighted by Gasteiger charge is -2.32. The number of nitrogens with one attached hydrogen (secondary N) is 2. The number of ether oxygens (including phenoxy) is 3. The molecule has 1 aromatic carbocycles. The lowest BCUT2D eigenvalue weighted by molar-refractivity contribution is -0.146. The molecule has 4 amide bonds. The van der Waals surface area contributed by atoms with E-state index < -0.39 is 53.7 Å². The van der Waals surface area contributed by atoms with Crippen molar-refractivity contribution < 1.29 is 38.2 Å². The highest BCUT2D eigenvalue weighted by Crippen LogP contribution is 2.30. The molecule has 0 unspecified atom stereocenters. The molecule has 2 rings (SSSR count). The third-order valence-corrected chi connectivity index (χ3v) is 8.02. The molecule has 0 aromatic heterocycles. The average molecular weight is 671 g/mol. The summed E-state index contributed by atoms with van der Waals surface area (Å²) < 4.78 is 15.9. The van der Waals surface area contributed by atoms with E-state index in [-0.39, 0.29) is 38.1 Å². The predicted octanol–water partition coefficient (Wildman–Crippen LogP) is 4.98. The number of hydrogen-bond acceptors (Lipinski definition) is 8. The molecule has 0 bridgehead atoms. The van der Waals surface area contributed by atoms with Crippen molar-refractivity contribution in [1.29, 1.82) is 0 Å². The second-order valence-corrected chi connectivity index (χ2v) is 13.3. The van der Waals surface area contributed by atoms with Crippen LogP contribution in [0.4, 0.5) is 9.59 Å². The minimum Gasteiger partial charge on any atom is -0.467 e. The zero-order chi connectivity index (χ0) is 35.9. The van der Waals surface area contributed by atoms with Gasteiger partial charge in [0, 0.05) is 13.1 Å². The van der Waals surface area contributed by atoms with Crippen molar-refractivity contribution in [2.24, 2.45) is 11.8 Å². The van der Waals surface area contributed by atoms with Crippen LogP contribution in [0.15, 0.2) is 55.6 Å². The summed E-state index contributed by atoms with van der Waals surface area (Å²) >= 11 is 0. The van der Waals surface area contributed by atoms with E-state index in [1.54, 1.807) is 26.8 Å². The van der Waals surface area contributed by atoms with E-state index >= 15 is 0 Å². The zero-order valence-corrected chi connectivity index (χ0v) is 29.4. The highest BCUT2D eigenvalue weighted by atomic mass is 16.6. The second kappa shape index (κ2) is 19.5. The maximum absolute atomic E-state index is 14.4. The highest BCUT2D eigenvalue weighted by Gasteiger charge is 2.44. The van der Waals surface area contributed by atoms with E-state index in [4.69, 9.17) is 14.2 Å². The minimum absolute atomic E-state index is 0.00477. The quantitative estimate of drug-likeness (QED) is 0.102. The molecule has 0 spiro atoms. The van der Waals surface area contributed by atoms with Gasteiger partial charge in [0.1, 0.15) is 30.3 Å². The molecule has 1 saturated heterocycles. The summed E-state index contributed by atoms with van der Waals surface area (Å²) in [6.45, 7) is 16.5. The lowest BCUT2D eigenvalue weighted by atomic mass is 9.93. The summed E-state index contributed by atoms with van der Waals surface area (Å²) in [5.74, 6) is -1.54. The van der Waals surface area contributed by atoms with Gasteiger partial charge in [-0.25, -0.2) is 14.4 Å². The molecular weight excluding hydrogens is 616 g/mol. The van der Waals surface area contributed by atoms with Crippen molar-refractivity contribution >= 4 is 30.0 Å². The van der Waals surface area contributed by atoms with Gasteiger partial charge in [0.05, 0.1) is 13.7 Å². The molecule has 0 aliphatic carbocycles. The molecular formula is C36H54N4O8. The molecule has 0 radical (unpaired) electrons. The Morgan fingerprint density at radius 1 is 1.02 bits per heavy atom. The first-order valence-electron chi connectivity index (χ1n) is 16.6. The standard InChI is InChI=1S/C36H54N4O8/c1-9-11-12-16-19-28(33(43)46-8)37-31(41)30-21-27(25(3)4)22-40(30)32(42)29(38-34(44)48-36(5,6)7)23-39(20-10-2)35(45)47-24-26-17-14-13-15-18-26/h9-10,13-15,17-18,25,27-30H,1-2,11-12,16,19-24H2,3-8H3,(H,37,41)(H,38,44)/t27-,28+,29+,30+/m1/s1. The van der Waals surface area contributed by atoms with Gasteiger partial charge in [0.2, 0.25) is 11.8 Å². The Labute approximate surface area is 285 Å². The molecule has 1 aliphatic rings. The number of unbranched alkanes of at least 4 members (excludes halogenated alkanes) is 2. The monoisotopic (exact) mass is 670 g/mol. The molecule has 1 heterocycles. The number of amides is 4. The number of allylic oxidation sites excluding steroid dienone is 1. The van der Waals surface area contributed by atoms with Crippen LogP contribution in [0.5, 0.6) is 0 Å². The molecule has 266 valence electrons. The van der Waals surface area contributed by atoms with E-state index in [0.29, 0.717) is 19.3 Å². The minimum atomic E-state index is -1.29. The number of carbonyl (C=O) groups is 5. The zero-order valence-electron chi connectivity index (χ0n) is 29.4. The van der Waals surface area contributed by atoms with Crippen LogP contribution in [0.2, 0.25) is 0 Å². The number of nitrogens with zero attached hydrogens (tertiary/aromatic N) is 2. The summed E-state index contributed by atoms with van der Waals surface area (Å²) in [6, 6.07) is 6.03. The topological polar surface area (TPSA) is 144 Å². The number of likely N-dealkylation sites (tertiary alicyclic amines) is 1. The number of rotatable bonds is 17. The maximum atomic E-state index is 14.4. The first-order valence-corrected chi connectivity index (χ1v) is 16.6. The van der Waals surface area contributed by atoms with E-state index in [1.165, 1.54) is 23.0 Å². The van der Waals surface area contributed by atoms with Crippen LogP contribution in [0.25, 0.3) is 0 Å². The Kier molecular flexibility index (Phi) is 16.2. The average Bonchev–Trinajstić information content (AvgIpc) is 3.49. The number of benzene rings is 1. The van der Waals surface area contributed by atoms with Crippen LogP contribution in [-0.4, -0.2) is 90.2 Å². The van der Waals surface area contributed by atoms with Gasteiger partial charge in [-0.05, 0) is 63.9 Å². The van der Waals surface area contributed by atoms with Crippen molar-refractivity contribution in [3.05, 3.63) is 61.2 Å². The van der Waals surface area contributed by atoms with Crippen LogP contribution in [0.1, 0.15) is 72.3 Å². The molecule has 1 aromatic rings. The SMILES string of the molecule is C=CCCCC[C@H](NC(=O)[C@@H]1C[C@@H](C(C)C)CN1C(=O)[C@H](CN(CC=C)C(=O)OCc1ccccc1)NC(=O)OC(C)(C)C)C(=O)OC. The first kappa shape index (κ1) is 39.8. The van der Waals surface area contributed by atoms with Crippen LogP contribution in [0.3, 0.4) is 0 Å². The van der Waals surface area contributed by atoms with E-state index in [9.17, 15) is 24.0 Å². The number of hydrogen-bond donors (Lipinski definition) is 2. The lowest BCUT2D eigenvalue weighted by Crippen LogP contribution is -2.58. The summed E-state index contributed by atoms with van der Waals surface area (Å²) in [6.07, 6.45) is 4.66. The number of carbonyl (C=O) groups excluding carboxylic acids is 5. The van der Waals surface area contributed by atoms with Crippen molar-refractivity contribution in [2.45, 2.75) is 97.1 Å². The van der Waals surface area contributed by atoms with Crippen LogP contribution in [0, 0.1) is 11.8 Å². The Bertz CT molecular complexity index is 1250. The number of esters is 1. The van der Waals surface area contributed by atoms with Crippen molar-refractivity contribution in [1.82, 2.24) is 20.4 Å². The fourth-order valence-corrected chi connectivity index (χ4v) is 5.39. The van der Waals surface area contributed by atoms with E-state index in [0.717, 1.165) is 18.4 Å². The maximum Gasteiger partial charge on any atom is 0.410 e. The molecule has 2 N–H and O–H groups in total. The Morgan fingerprint density at radius 3 is 2.29 bits per heavy atom. The third kappa shape index (κ3) is 13.0. The van der Waals surface area contributed by atoms with Gasteiger partial charge in [-0.1, -0.05) is 62.8 Å². The summed E-state index contributed by atoms with van der Waals surface area (Å²) in [5, 5.41) is 5.44. The van der Waals surface area contributed by atoms with Gasteiger partial charge >= 0.3 is 18.2 Å². The Morgan fingerprint density at radius 2 is 1.71 bits per heavy atom. The van der Waals surface area contributed by atoms with Crippen molar-refractivity contribution in [2.75, 3.05) is 26.7 Å². The molecule has 1 aliphatic heterocycles. The summed E-state index contributed by atoms with van der Waals surface area (Å²) in [7, 11) is 1.26. The van der Waals surface area contributed by atoms with Crippen molar-refractivity contribution in [3.63, 3.8) is 0 Å². The Hall–Kier alpha value is -4.35. The fraction of sp³-hybridized carbons (Fsp3) is 0.583. The van der Waals surface area contributed by atoms with Crippen LogP contribution in [-0.2, 0) is 35.2 Å².